The molecule has 0 bridgehead atoms. The summed E-state index contributed by atoms with van der Waals surface area (Å²) in [5, 5.41) is 12.9. The molecule has 0 aliphatic carbocycles. The van der Waals surface area contributed by atoms with Crippen molar-refractivity contribution in [2.75, 3.05) is 0 Å². The van der Waals surface area contributed by atoms with E-state index >= 15 is 0 Å². The van der Waals surface area contributed by atoms with E-state index in [1.54, 1.807) is 0 Å². The van der Waals surface area contributed by atoms with Crippen LogP contribution in [-0.4, -0.2) is 31.7 Å². The Bertz CT molecular complexity index is 1400. The Morgan fingerprint density at radius 2 is 1.84 bits per heavy atom. The molecule has 0 saturated carbocycles. The van der Waals surface area contributed by atoms with Crippen LogP contribution in [0.15, 0.2) is 54.9 Å². The lowest BCUT2D eigenvalue weighted by Gasteiger charge is -2.13. The van der Waals surface area contributed by atoms with Gasteiger partial charge in [0, 0.05) is 17.1 Å². The number of carboxylic acids is 1. The highest BCUT2D eigenvalue weighted by Crippen LogP contribution is 2.36. The van der Waals surface area contributed by atoms with Crippen LogP contribution in [0.3, 0.4) is 0 Å². The second kappa shape index (κ2) is 7.72. The zero-order valence-corrected chi connectivity index (χ0v) is 16.4. The summed E-state index contributed by atoms with van der Waals surface area (Å²) in [7, 11) is 0. The molecule has 2 aromatic heterocycles. The van der Waals surface area contributed by atoms with Crippen molar-refractivity contribution in [3.8, 4) is 11.3 Å². The van der Waals surface area contributed by atoms with E-state index in [-0.39, 0.29) is 27.7 Å². The predicted molar refractivity (Wildman–Crippen MR) is 106 cm³/mol. The van der Waals surface area contributed by atoms with E-state index in [0.29, 0.717) is 10.7 Å². The van der Waals surface area contributed by atoms with Crippen LogP contribution in [0.1, 0.15) is 26.3 Å². The summed E-state index contributed by atoms with van der Waals surface area (Å²) < 4.78 is 55.8. The minimum atomic E-state index is -4.86. The molecule has 0 fully saturated rings. The van der Waals surface area contributed by atoms with Crippen LogP contribution >= 0.6 is 11.6 Å². The molecule has 11 heteroatoms. The molecule has 0 saturated heterocycles. The molecule has 162 valence electrons. The third kappa shape index (κ3) is 3.58. The number of carboxylic acid groups (broad SMARTS) is 1. The SMILES string of the molecule is O=C(O)c1ccc(-c2nn(C(=O)c3c(Cl)cccc3C(F)(F)F)c3cnccc23)c(F)c1. The van der Waals surface area contributed by atoms with Crippen LogP contribution in [0.4, 0.5) is 17.6 Å². The van der Waals surface area contributed by atoms with Crippen LogP contribution < -0.4 is 0 Å². The first-order valence-electron chi connectivity index (χ1n) is 8.86. The van der Waals surface area contributed by atoms with Crippen molar-refractivity contribution in [2.45, 2.75) is 6.18 Å². The molecule has 2 aromatic carbocycles. The molecule has 0 aliphatic heterocycles. The van der Waals surface area contributed by atoms with Crippen molar-refractivity contribution in [1.29, 1.82) is 0 Å². The number of fused-ring (bicyclic) bond motifs is 1. The van der Waals surface area contributed by atoms with Gasteiger partial charge in [-0.3, -0.25) is 9.78 Å². The normalized spacial score (nSPS) is 11.7. The third-order valence-electron chi connectivity index (χ3n) is 4.68. The number of hydrogen-bond acceptors (Lipinski definition) is 4. The molecule has 0 aliphatic rings. The number of aromatic carboxylic acids is 1. The first-order chi connectivity index (χ1) is 15.1. The molecule has 0 radical (unpaired) electrons. The predicted octanol–water partition coefficient (Wildman–Crippen LogP) is 5.30. The Morgan fingerprint density at radius 1 is 1.09 bits per heavy atom. The van der Waals surface area contributed by atoms with Gasteiger partial charge in [-0.05, 0) is 36.4 Å². The lowest BCUT2D eigenvalue weighted by Crippen LogP contribution is -2.20. The van der Waals surface area contributed by atoms with Crippen LogP contribution in [0.5, 0.6) is 0 Å². The Morgan fingerprint density at radius 3 is 2.50 bits per heavy atom. The molecule has 0 spiro atoms. The van der Waals surface area contributed by atoms with Crippen molar-refractivity contribution in [3.05, 3.63) is 82.4 Å². The highest BCUT2D eigenvalue weighted by Gasteiger charge is 2.37. The van der Waals surface area contributed by atoms with Gasteiger partial charge >= 0.3 is 12.1 Å². The molecule has 4 aromatic rings. The van der Waals surface area contributed by atoms with Gasteiger partial charge in [0.05, 0.1) is 33.4 Å². The minimum absolute atomic E-state index is 0.0160. The largest absolute Gasteiger partial charge is 0.478 e. The summed E-state index contributed by atoms with van der Waals surface area (Å²) in [6.45, 7) is 0. The smallest absolute Gasteiger partial charge is 0.417 e. The van der Waals surface area contributed by atoms with E-state index in [1.165, 1.54) is 18.5 Å². The van der Waals surface area contributed by atoms with E-state index in [9.17, 15) is 27.2 Å². The number of rotatable bonds is 3. The third-order valence-corrected chi connectivity index (χ3v) is 4.99. The fraction of sp³-hybridized carbons (Fsp3) is 0.0476. The summed E-state index contributed by atoms with van der Waals surface area (Å²) >= 11 is 5.93. The molecule has 4 rings (SSSR count). The Hall–Kier alpha value is -3.79. The number of pyridine rings is 1. The fourth-order valence-electron chi connectivity index (χ4n) is 3.24. The topological polar surface area (TPSA) is 85.1 Å². The fourth-order valence-corrected chi connectivity index (χ4v) is 3.50. The molecule has 0 atom stereocenters. The number of alkyl halides is 3. The standard InChI is InChI=1S/C21H10ClF4N3O3/c22-14-3-1-2-13(21(24,25)26)17(14)19(30)29-16-9-27-7-6-12(16)18(28-29)11-5-4-10(20(31)32)8-15(11)23/h1-9H,(H,31,32). The highest BCUT2D eigenvalue weighted by molar-refractivity contribution is 6.34. The number of hydrogen-bond donors (Lipinski definition) is 1. The number of aromatic nitrogens is 3. The molecule has 0 unspecified atom stereocenters. The Labute approximate surface area is 181 Å². The summed E-state index contributed by atoms with van der Waals surface area (Å²) in [5.41, 5.74) is -2.58. The van der Waals surface area contributed by atoms with E-state index in [1.807, 2.05) is 0 Å². The average Bonchev–Trinajstić information content (AvgIpc) is 3.12. The highest BCUT2D eigenvalue weighted by atomic mass is 35.5. The lowest BCUT2D eigenvalue weighted by atomic mass is 10.1. The Kier molecular flexibility index (Phi) is 5.17. The number of halogens is 5. The number of carbonyl (C=O) groups excluding carboxylic acids is 1. The minimum Gasteiger partial charge on any atom is -0.478 e. The van der Waals surface area contributed by atoms with Gasteiger partial charge < -0.3 is 5.11 Å². The van der Waals surface area contributed by atoms with Crippen molar-refractivity contribution >= 4 is 34.4 Å². The second-order valence-electron chi connectivity index (χ2n) is 6.62. The molecule has 1 N–H and O–H groups in total. The van der Waals surface area contributed by atoms with Gasteiger partial charge in [0.2, 0.25) is 0 Å². The maximum absolute atomic E-state index is 14.7. The van der Waals surface area contributed by atoms with Crippen molar-refractivity contribution in [2.24, 2.45) is 0 Å². The van der Waals surface area contributed by atoms with Gasteiger partial charge in [0.15, 0.2) is 0 Å². The summed E-state index contributed by atoms with van der Waals surface area (Å²) in [4.78, 5) is 28.1. The molecule has 32 heavy (non-hydrogen) atoms. The van der Waals surface area contributed by atoms with Gasteiger partial charge in [-0.15, -0.1) is 0 Å². The monoisotopic (exact) mass is 463 g/mol. The molecule has 6 nitrogen and oxygen atoms in total. The number of carbonyl (C=O) groups is 2. The van der Waals surface area contributed by atoms with Gasteiger partial charge in [-0.2, -0.15) is 23.0 Å². The zero-order chi connectivity index (χ0) is 23.2. The summed E-state index contributed by atoms with van der Waals surface area (Å²) in [6.07, 6.45) is -2.33. The van der Waals surface area contributed by atoms with E-state index in [2.05, 4.69) is 10.1 Å². The van der Waals surface area contributed by atoms with Gasteiger partial charge in [0.1, 0.15) is 11.5 Å². The van der Waals surface area contributed by atoms with Crippen molar-refractivity contribution in [3.63, 3.8) is 0 Å². The van der Waals surface area contributed by atoms with Crippen molar-refractivity contribution < 1.29 is 32.3 Å². The molecule has 2 heterocycles. The zero-order valence-electron chi connectivity index (χ0n) is 15.7. The van der Waals surface area contributed by atoms with Gasteiger partial charge in [-0.25, -0.2) is 9.18 Å². The van der Waals surface area contributed by atoms with Crippen molar-refractivity contribution in [1.82, 2.24) is 14.8 Å². The van der Waals surface area contributed by atoms with Crippen LogP contribution in [0.2, 0.25) is 5.02 Å². The first kappa shape index (κ1) is 21.4. The maximum atomic E-state index is 14.7. The van der Waals surface area contributed by atoms with E-state index in [0.717, 1.165) is 30.3 Å². The summed E-state index contributed by atoms with van der Waals surface area (Å²) in [5.74, 6) is -3.47. The summed E-state index contributed by atoms with van der Waals surface area (Å²) in [6, 6.07) is 7.41. The first-order valence-corrected chi connectivity index (χ1v) is 9.23. The molecular formula is C21H10ClF4N3O3. The van der Waals surface area contributed by atoms with E-state index in [4.69, 9.17) is 16.7 Å². The quantitative estimate of drug-likeness (QED) is 0.417. The lowest BCUT2D eigenvalue weighted by molar-refractivity contribution is -0.137. The molecule has 0 amide bonds. The van der Waals surface area contributed by atoms with Gasteiger partial charge in [0.25, 0.3) is 5.91 Å². The average molecular weight is 464 g/mol. The maximum Gasteiger partial charge on any atom is 0.417 e. The van der Waals surface area contributed by atoms with Crippen LogP contribution in [0, 0.1) is 5.82 Å². The van der Waals surface area contributed by atoms with Crippen LogP contribution in [0.25, 0.3) is 22.2 Å². The second-order valence-corrected chi connectivity index (χ2v) is 7.03. The molecular weight excluding hydrogens is 454 g/mol. The van der Waals surface area contributed by atoms with Crippen LogP contribution in [-0.2, 0) is 6.18 Å². The van der Waals surface area contributed by atoms with Gasteiger partial charge in [-0.1, -0.05) is 17.7 Å². The van der Waals surface area contributed by atoms with E-state index < -0.39 is 40.0 Å². The number of benzene rings is 2. The Balaban J connectivity index is 1.95. The number of nitrogens with zero attached hydrogens (tertiary/aromatic N) is 3.